The van der Waals surface area contributed by atoms with E-state index in [1.165, 1.54) is 44.9 Å². The fraction of sp³-hybridized carbons (Fsp3) is 0.929. The van der Waals surface area contributed by atoms with Gasteiger partial charge >= 0.3 is 0 Å². The number of hydrogen-bond acceptors (Lipinski definition) is 1. The lowest BCUT2D eigenvalue weighted by Gasteiger charge is -2.19. The Kier molecular flexibility index (Phi) is 4.25. The normalized spacial score (nSPS) is 23.3. The minimum absolute atomic E-state index is 0.285. The van der Waals surface area contributed by atoms with Crippen molar-refractivity contribution in [2.24, 2.45) is 17.8 Å². The highest BCUT2D eigenvalue weighted by molar-refractivity contribution is 5.78. The van der Waals surface area contributed by atoms with Crippen LogP contribution in [0.1, 0.15) is 57.8 Å². The summed E-state index contributed by atoms with van der Waals surface area (Å²) in [6, 6.07) is 0. The summed E-state index contributed by atoms with van der Waals surface area (Å²) in [6.45, 7) is 0. The van der Waals surface area contributed by atoms with Crippen LogP contribution in [-0.4, -0.2) is 13.0 Å². The van der Waals surface area contributed by atoms with Gasteiger partial charge in [-0.05, 0) is 31.1 Å². The fourth-order valence-electron chi connectivity index (χ4n) is 3.05. The summed E-state index contributed by atoms with van der Waals surface area (Å²) in [5.41, 5.74) is 0. The van der Waals surface area contributed by atoms with Crippen molar-refractivity contribution >= 4 is 5.91 Å². The lowest BCUT2D eigenvalue weighted by atomic mass is 9.88. The molecule has 0 aromatic rings. The predicted octanol–water partition coefficient (Wildman–Crippen LogP) is 3.12. The first-order valence-electron chi connectivity index (χ1n) is 7.01. The Hall–Kier alpha value is -0.530. The van der Waals surface area contributed by atoms with Gasteiger partial charge in [0.25, 0.3) is 0 Å². The van der Waals surface area contributed by atoms with E-state index in [0.717, 1.165) is 24.7 Å². The lowest BCUT2D eigenvalue weighted by molar-refractivity contribution is -0.125. The molecule has 0 bridgehead atoms. The van der Waals surface area contributed by atoms with E-state index in [1.807, 2.05) is 0 Å². The zero-order chi connectivity index (χ0) is 11.4. The number of hydrogen-bond donors (Lipinski definition) is 1. The zero-order valence-corrected chi connectivity index (χ0v) is 10.5. The second-order valence-corrected chi connectivity index (χ2v) is 5.72. The van der Waals surface area contributed by atoms with Gasteiger partial charge in [0, 0.05) is 13.0 Å². The van der Waals surface area contributed by atoms with Gasteiger partial charge in [-0.2, -0.15) is 0 Å². The van der Waals surface area contributed by atoms with Crippen molar-refractivity contribution in [3.63, 3.8) is 0 Å². The van der Waals surface area contributed by atoms with E-state index in [0.29, 0.717) is 5.92 Å². The smallest absolute Gasteiger partial charge is 0.222 e. The molecule has 92 valence electrons. The molecule has 1 N–H and O–H groups in total. The molecule has 0 aromatic carbocycles. The minimum Gasteiger partial charge on any atom is -0.359 e. The highest BCUT2D eigenvalue weighted by Gasteiger charge is 2.27. The van der Waals surface area contributed by atoms with Crippen molar-refractivity contribution < 1.29 is 4.79 Å². The number of carbonyl (C=O) groups is 1. The van der Waals surface area contributed by atoms with Crippen LogP contribution in [0.25, 0.3) is 0 Å². The van der Waals surface area contributed by atoms with E-state index in [9.17, 15) is 4.79 Å². The number of carbonyl (C=O) groups excluding carboxylic acids is 1. The summed E-state index contributed by atoms with van der Waals surface area (Å²) >= 11 is 0. The Morgan fingerprint density at radius 3 is 2.44 bits per heavy atom. The first kappa shape index (κ1) is 11.9. The first-order chi connectivity index (χ1) is 7.79. The molecule has 2 nitrogen and oxygen atoms in total. The van der Waals surface area contributed by atoms with Crippen LogP contribution in [0.5, 0.6) is 0 Å². The molecule has 2 fully saturated rings. The van der Waals surface area contributed by atoms with E-state index < -0.39 is 0 Å². The van der Waals surface area contributed by atoms with Crippen LogP contribution in [-0.2, 0) is 4.79 Å². The molecule has 2 aliphatic carbocycles. The summed E-state index contributed by atoms with van der Waals surface area (Å²) in [4.78, 5) is 11.8. The van der Waals surface area contributed by atoms with Gasteiger partial charge in [0.1, 0.15) is 0 Å². The van der Waals surface area contributed by atoms with Gasteiger partial charge in [0.05, 0.1) is 0 Å². The van der Waals surface area contributed by atoms with E-state index in [2.05, 4.69) is 5.32 Å². The summed E-state index contributed by atoms with van der Waals surface area (Å²) in [5, 5.41) is 2.84. The third kappa shape index (κ3) is 3.50. The third-order valence-corrected chi connectivity index (χ3v) is 4.33. The van der Waals surface area contributed by atoms with Gasteiger partial charge in [-0.15, -0.1) is 0 Å². The molecule has 0 aliphatic heterocycles. The second-order valence-electron chi connectivity index (χ2n) is 5.72. The Morgan fingerprint density at radius 1 is 1.19 bits per heavy atom. The number of rotatable bonds is 6. The summed E-state index contributed by atoms with van der Waals surface area (Å²) in [6.07, 6.45) is 11.8. The summed E-state index contributed by atoms with van der Waals surface area (Å²) < 4.78 is 0. The maximum atomic E-state index is 11.8. The monoisotopic (exact) mass is 223 g/mol. The standard InChI is InChI=1S/C14H25NO/c1-15-14(16)13(9-8-11-6-7-11)10-12-4-2-3-5-12/h11-13H,2-10H2,1H3,(H,15,16). The zero-order valence-electron chi connectivity index (χ0n) is 10.5. The van der Waals surface area contributed by atoms with Gasteiger partial charge in [-0.25, -0.2) is 0 Å². The Labute approximate surface area is 99.2 Å². The van der Waals surface area contributed by atoms with E-state index in [1.54, 1.807) is 7.05 Å². The molecule has 2 aliphatic rings. The molecule has 0 aromatic heterocycles. The van der Waals surface area contributed by atoms with E-state index in [4.69, 9.17) is 0 Å². The Morgan fingerprint density at radius 2 is 1.88 bits per heavy atom. The maximum Gasteiger partial charge on any atom is 0.222 e. The molecule has 1 amide bonds. The van der Waals surface area contributed by atoms with Crippen molar-refractivity contribution in [3.05, 3.63) is 0 Å². The van der Waals surface area contributed by atoms with Crippen molar-refractivity contribution in [3.8, 4) is 0 Å². The van der Waals surface area contributed by atoms with Gasteiger partial charge in [0.15, 0.2) is 0 Å². The van der Waals surface area contributed by atoms with Crippen LogP contribution in [0.15, 0.2) is 0 Å². The fourth-order valence-corrected chi connectivity index (χ4v) is 3.05. The van der Waals surface area contributed by atoms with Crippen molar-refractivity contribution in [1.29, 1.82) is 0 Å². The molecule has 0 saturated heterocycles. The molecule has 0 radical (unpaired) electrons. The maximum absolute atomic E-state index is 11.8. The summed E-state index contributed by atoms with van der Waals surface area (Å²) in [7, 11) is 1.78. The molecule has 0 heterocycles. The number of amides is 1. The van der Waals surface area contributed by atoms with Crippen LogP contribution in [0.4, 0.5) is 0 Å². The van der Waals surface area contributed by atoms with Gasteiger partial charge in [0.2, 0.25) is 5.91 Å². The lowest BCUT2D eigenvalue weighted by Crippen LogP contribution is -2.28. The van der Waals surface area contributed by atoms with Crippen molar-refractivity contribution in [2.45, 2.75) is 57.8 Å². The van der Waals surface area contributed by atoms with E-state index >= 15 is 0 Å². The molecule has 2 heteroatoms. The largest absolute Gasteiger partial charge is 0.359 e. The minimum atomic E-state index is 0.285. The molecular weight excluding hydrogens is 198 g/mol. The predicted molar refractivity (Wildman–Crippen MR) is 66.1 cm³/mol. The van der Waals surface area contributed by atoms with Crippen molar-refractivity contribution in [1.82, 2.24) is 5.32 Å². The topological polar surface area (TPSA) is 29.1 Å². The van der Waals surface area contributed by atoms with Crippen LogP contribution in [0.3, 0.4) is 0 Å². The average Bonchev–Trinajstić information content (AvgIpc) is 2.99. The molecular formula is C14H25NO. The molecule has 1 atom stereocenters. The highest BCUT2D eigenvalue weighted by atomic mass is 16.1. The molecule has 1 unspecified atom stereocenters. The summed E-state index contributed by atoms with van der Waals surface area (Å²) in [5.74, 6) is 2.37. The molecule has 2 saturated carbocycles. The second kappa shape index (κ2) is 5.70. The third-order valence-electron chi connectivity index (χ3n) is 4.33. The molecule has 16 heavy (non-hydrogen) atoms. The highest BCUT2D eigenvalue weighted by Crippen LogP contribution is 2.37. The van der Waals surface area contributed by atoms with Gasteiger partial charge < -0.3 is 5.32 Å². The SMILES string of the molecule is CNC(=O)C(CCC1CC1)CC1CCCC1. The van der Waals surface area contributed by atoms with Crippen LogP contribution < -0.4 is 5.32 Å². The Bertz CT molecular complexity index is 229. The van der Waals surface area contributed by atoms with Gasteiger partial charge in [-0.3, -0.25) is 4.79 Å². The van der Waals surface area contributed by atoms with Crippen LogP contribution >= 0.6 is 0 Å². The average molecular weight is 223 g/mol. The van der Waals surface area contributed by atoms with E-state index in [-0.39, 0.29) is 5.91 Å². The van der Waals surface area contributed by atoms with Crippen molar-refractivity contribution in [2.75, 3.05) is 7.05 Å². The number of nitrogens with one attached hydrogen (secondary N) is 1. The van der Waals surface area contributed by atoms with Crippen LogP contribution in [0, 0.1) is 17.8 Å². The van der Waals surface area contributed by atoms with Crippen LogP contribution in [0.2, 0.25) is 0 Å². The molecule has 0 spiro atoms. The molecule has 2 rings (SSSR count). The Balaban J connectivity index is 1.77. The van der Waals surface area contributed by atoms with Gasteiger partial charge in [-0.1, -0.05) is 38.5 Å². The quantitative estimate of drug-likeness (QED) is 0.736. The first-order valence-corrected chi connectivity index (χ1v) is 7.01.